The van der Waals surface area contributed by atoms with E-state index in [1.54, 1.807) is 0 Å². The van der Waals surface area contributed by atoms with Crippen molar-refractivity contribution in [2.45, 2.75) is 44.3 Å². The van der Waals surface area contributed by atoms with Gasteiger partial charge in [-0.15, -0.1) is 0 Å². The third-order valence-corrected chi connectivity index (χ3v) is 3.30. The molecule has 0 heterocycles. The normalized spacial score (nSPS) is 25.6. The zero-order chi connectivity index (χ0) is 11.4. The summed E-state index contributed by atoms with van der Waals surface area (Å²) >= 11 is 0. The SMILES string of the molecule is NC1CCCCC1NCc1ccc(F)cc1. The van der Waals surface area contributed by atoms with Gasteiger partial charge in [-0.1, -0.05) is 25.0 Å². The molecule has 16 heavy (non-hydrogen) atoms. The van der Waals surface area contributed by atoms with Gasteiger partial charge in [-0.2, -0.15) is 0 Å². The molecule has 3 heteroatoms. The van der Waals surface area contributed by atoms with Gasteiger partial charge in [0, 0.05) is 18.6 Å². The maximum absolute atomic E-state index is 12.7. The average molecular weight is 222 g/mol. The number of rotatable bonds is 3. The fraction of sp³-hybridized carbons (Fsp3) is 0.538. The molecule has 88 valence electrons. The highest BCUT2D eigenvalue weighted by molar-refractivity contribution is 5.15. The number of halogens is 1. The summed E-state index contributed by atoms with van der Waals surface area (Å²) in [5.74, 6) is -0.182. The predicted octanol–water partition coefficient (Wildman–Crippen LogP) is 2.19. The lowest BCUT2D eigenvalue weighted by molar-refractivity contribution is 0.326. The van der Waals surface area contributed by atoms with Crippen LogP contribution in [0.3, 0.4) is 0 Å². The van der Waals surface area contributed by atoms with E-state index in [0.29, 0.717) is 6.04 Å². The molecular formula is C13H19FN2. The fourth-order valence-corrected chi connectivity index (χ4v) is 2.26. The van der Waals surface area contributed by atoms with Crippen LogP contribution in [-0.2, 0) is 6.54 Å². The van der Waals surface area contributed by atoms with Crippen molar-refractivity contribution in [1.82, 2.24) is 5.32 Å². The smallest absolute Gasteiger partial charge is 0.123 e. The van der Waals surface area contributed by atoms with E-state index in [1.165, 1.54) is 25.0 Å². The van der Waals surface area contributed by atoms with Gasteiger partial charge in [0.05, 0.1) is 0 Å². The molecule has 2 unspecified atom stereocenters. The Morgan fingerprint density at radius 3 is 2.56 bits per heavy atom. The number of benzene rings is 1. The zero-order valence-corrected chi connectivity index (χ0v) is 9.45. The largest absolute Gasteiger partial charge is 0.326 e. The van der Waals surface area contributed by atoms with Gasteiger partial charge >= 0.3 is 0 Å². The Balaban J connectivity index is 1.84. The number of hydrogen-bond donors (Lipinski definition) is 2. The summed E-state index contributed by atoms with van der Waals surface area (Å²) in [4.78, 5) is 0. The molecule has 2 nitrogen and oxygen atoms in total. The van der Waals surface area contributed by atoms with Crippen LogP contribution in [0.25, 0.3) is 0 Å². The molecule has 0 radical (unpaired) electrons. The summed E-state index contributed by atoms with van der Waals surface area (Å²) in [6.45, 7) is 0.776. The number of nitrogens with two attached hydrogens (primary N) is 1. The molecule has 1 aromatic rings. The maximum atomic E-state index is 12.7. The van der Waals surface area contributed by atoms with Gasteiger partial charge < -0.3 is 11.1 Å². The number of hydrogen-bond acceptors (Lipinski definition) is 2. The van der Waals surface area contributed by atoms with Gasteiger partial charge in [-0.05, 0) is 30.5 Å². The Morgan fingerprint density at radius 1 is 1.19 bits per heavy atom. The molecule has 2 rings (SSSR count). The lowest BCUT2D eigenvalue weighted by atomic mass is 9.91. The van der Waals surface area contributed by atoms with Crippen molar-refractivity contribution in [3.05, 3.63) is 35.6 Å². The van der Waals surface area contributed by atoms with Gasteiger partial charge in [0.25, 0.3) is 0 Å². The van der Waals surface area contributed by atoms with E-state index in [0.717, 1.165) is 24.9 Å². The third-order valence-electron chi connectivity index (χ3n) is 3.30. The van der Waals surface area contributed by atoms with E-state index in [4.69, 9.17) is 5.73 Å². The first-order valence-corrected chi connectivity index (χ1v) is 5.99. The predicted molar refractivity (Wildman–Crippen MR) is 63.5 cm³/mol. The minimum absolute atomic E-state index is 0.182. The Bertz CT molecular complexity index is 323. The maximum Gasteiger partial charge on any atom is 0.123 e. The van der Waals surface area contributed by atoms with Gasteiger partial charge in [-0.25, -0.2) is 4.39 Å². The molecule has 1 fully saturated rings. The summed E-state index contributed by atoms with van der Waals surface area (Å²) in [6, 6.07) is 7.32. The van der Waals surface area contributed by atoms with Crippen molar-refractivity contribution in [3.8, 4) is 0 Å². The Morgan fingerprint density at radius 2 is 1.88 bits per heavy atom. The van der Waals surface area contributed by atoms with Crippen molar-refractivity contribution in [3.63, 3.8) is 0 Å². The Hall–Kier alpha value is -0.930. The van der Waals surface area contributed by atoms with E-state index in [2.05, 4.69) is 5.32 Å². The molecule has 0 amide bonds. The molecule has 2 atom stereocenters. The lowest BCUT2D eigenvalue weighted by Crippen LogP contribution is -2.46. The van der Waals surface area contributed by atoms with E-state index in [9.17, 15) is 4.39 Å². The second-order valence-electron chi connectivity index (χ2n) is 4.56. The standard InChI is InChI=1S/C13H19FN2/c14-11-7-5-10(6-8-11)9-16-13-4-2-1-3-12(13)15/h5-8,12-13,16H,1-4,9,15H2. The van der Waals surface area contributed by atoms with Gasteiger partial charge in [0.2, 0.25) is 0 Å². The molecule has 0 bridgehead atoms. The second kappa shape index (κ2) is 5.41. The van der Waals surface area contributed by atoms with Crippen LogP contribution in [-0.4, -0.2) is 12.1 Å². The molecular weight excluding hydrogens is 203 g/mol. The summed E-state index contributed by atoms with van der Waals surface area (Å²) in [7, 11) is 0. The molecule has 1 saturated carbocycles. The molecule has 1 aromatic carbocycles. The van der Waals surface area contributed by atoms with Crippen molar-refractivity contribution in [2.24, 2.45) is 5.73 Å². The second-order valence-corrected chi connectivity index (χ2v) is 4.56. The third kappa shape index (κ3) is 3.03. The molecule has 1 aliphatic rings. The van der Waals surface area contributed by atoms with Crippen molar-refractivity contribution in [2.75, 3.05) is 0 Å². The zero-order valence-electron chi connectivity index (χ0n) is 9.45. The van der Waals surface area contributed by atoms with Crippen molar-refractivity contribution < 1.29 is 4.39 Å². The molecule has 0 spiro atoms. The van der Waals surface area contributed by atoms with Crippen molar-refractivity contribution >= 4 is 0 Å². The summed E-state index contributed by atoms with van der Waals surface area (Å²) in [5.41, 5.74) is 7.16. The quantitative estimate of drug-likeness (QED) is 0.822. The number of nitrogens with one attached hydrogen (secondary N) is 1. The van der Waals surface area contributed by atoms with Crippen LogP contribution in [0.15, 0.2) is 24.3 Å². The Labute approximate surface area is 96.0 Å². The highest BCUT2D eigenvalue weighted by atomic mass is 19.1. The summed E-state index contributed by atoms with van der Waals surface area (Å²) in [5, 5.41) is 3.46. The first kappa shape index (κ1) is 11.6. The minimum atomic E-state index is -0.182. The van der Waals surface area contributed by atoms with Gasteiger partial charge in [-0.3, -0.25) is 0 Å². The topological polar surface area (TPSA) is 38.0 Å². The van der Waals surface area contributed by atoms with Crippen LogP contribution in [0.4, 0.5) is 4.39 Å². The molecule has 3 N–H and O–H groups in total. The van der Waals surface area contributed by atoms with Crippen LogP contribution in [0.2, 0.25) is 0 Å². The van der Waals surface area contributed by atoms with Gasteiger partial charge in [0.15, 0.2) is 0 Å². The Kier molecular flexibility index (Phi) is 3.91. The van der Waals surface area contributed by atoms with E-state index in [1.807, 2.05) is 12.1 Å². The highest BCUT2D eigenvalue weighted by Gasteiger charge is 2.20. The monoisotopic (exact) mass is 222 g/mol. The van der Waals surface area contributed by atoms with Crippen LogP contribution in [0.5, 0.6) is 0 Å². The van der Waals surface area contributed by atoms with E-state index >= 15 is 0 Å². The van der Waals surface area contributed by atoms with E-state index < -0.39 is 0 Å². The van der Waals surface area contributed by atoms with E-state index in [-0.39, 0.29) is 11.9 Å². The van der Waals surface area contributed by atoms with Crippen LogP contribution in [0.1, 0.15) is 31.2 Å². The van der Waals surface area contributed by atoms with Crippen LogP contribution < -0.4 is 11.1 Å². The lowest BCUT2D eigenvalue weighted by Gasteiger charge is -2.29. The first-order valence-electron chi connectivity index (χ1n) is 5.99. The summed E-state index contributed by atoms with van der Waals surface area (Å²) < 4.78 is 12.7. The van der Waals surface area contributed by atoms with Gasteiger partial charge in [0.1, 0.15) is 5.82 Å². The fourth-order valence-electron chi connectivity index (χ4n) is 2.26. The minimum Gasteiger partial charge on any atom is -0.326 e. The van der Waals surface area contributed by atoms with Crippen LogP contribution in [0, 0.1) is 5.82 Å². The summed E-state index contributed by atoms with van der Waals surface area (Å²) in [6.07, 6.45) is 4.77. The van der Waals surface area contributed by atoms with Crippen LogP contribution >= 0.6 is 0 Å². The first-order chi connectivity index (χ1) is 7.75. The molecule has 0 aromatic heterocycles. The van der Waals surface area contributed by atoms with Crippen molar-refractivity contribution in [1.29, 1.82) is 0 Å². The molecule has 0 aliphatic heterocycles. The average Bonchev–Trinajstić information content (AvgIpc) is 2.30. The molecule has 0 saturated heterocycles. The molecule has 1 aliphatic carbocycles. The highest BCUT2D eigenvalue weighted by Crippen LogP contribution is 2.17.